The summed E-state index contributed by atoms with van der Waals surface area (Å²) in [5, 5.41) is 10.4. The summed E-state index contributed by atoms with van der Waals surface area (Å²) in [6.07, 6.45) is 6.66. The van der Waals surface area contributed by atoms with Gasteiger partial charge in [0.05, 0.1) is 17.8 Å². The Balaban J connectivity index is 1.56. The van der Waals surface area contributed by atoms with Gasteiger partial charge in [0.15, 0.2) is 5.17 Å². The van der Waals surface area contributed by atoms with Crippen LogP contribution in [0.1, 0.15) is 42.6 Å². The lowest BCUT2D eigenvalue weighted by atomic mass is 9.90. The van der Waals surface area contributed by atoms with Gasteiger partial charge in [0, 0.05) is 22.4 Å². The van der Waals surface area contributed by atoms with Crippen molar-refractivity contribution in [3.8, 4) is 5.95 Å². The maximum Gasteiger partial charge on any atom is 0.229 e. The number of hydrogen-bond acceptors (Lipinski definition) is 5. The molecule has 0 spiro atoms. The summed E-state index contributed by atoms with van der Waals surface area (Å²) in [6.45, 7) is 4.27. The first-order valence-electron chi connectivity index (χ1n) is 8.53. The molecule has 0 radical (unpaired) electrons. The molecule has 7 heteroatoms. The minimum atomic E-state index is 0.489. The van der Waals surface area contributed by atoms with Crippen LogP contribution < -0.4 is 0 Å². The molecule has 0 bridgehead atoms. The van der Waals surface area contributed by atoms with Crippen LogP contribution in [0.3, 0.4) is 0 Å². The predicted molar refractivity (Wildman–Crippen MR) is 96.1 cm³/mol. The Morgan fingerprint density at radius 3 is 2.96 bits per heavy atom. The molecule has 3 aliphatic rings. The summed E-state index contributed by atoms with van der Waals surface area (Å²) in [5.74, 6) is 0.772. The van der Waals surface area contributed by atoms with E-state index in [0.717, 1.165) is 11.6 Å². The molecule has 1 aliphatic carbocycles. The molecule has 1 fully saturated rings. The van der Waals surface area contributed by atoms with Crippen LogP contribution in [0.4, 0.5) is 0 Å². The SMILES string of the molecule is Cc1cc(C2=CSC3=N[C@H]4CCCC[C@H]4N23)c(C)n1-c1ncn[nH]1. The van der Waals surface area contributed by atoms with Crippen LogP contribution in [-0.2, 0) is 0 Å². The number of nitrogens with zero attached hydrogens (tertiary/aromatic N) is 5. The van der Waals surface area contributed by atoms with Crippen LogP contribution in [0.25, 0.3) is 11.6 Å². The molecule has 2 aromatic heterocycles. The van der Waals surface area contributed by atoms with Gasteiger partial charge in [-0.15, -0.1) is 0 Å². The van der Waals surface area contributed by atoms with Crippen molar-refractivity contribution >= 4 is 22.6 Å². The van der Waals surface area contributed by atoms with Crippen LogP contribution in [0.15, 0.2) is 22.8 Å². The van der Waals surface area contributed by atoms with Gasteiger partial charge in [-0.2, -0.15) is 10.1 Å². The van der Waals surface area contributed by atoms with Gasteiger partial charge >= 0.3 is 0 Å². The van der Waals surface area contributed by atoms with Gasteiger partial charge in [-0.3, -0.25) is 9.56 Å². The zero-order valence-corrected chi connectivity index (χ0v) is 14.7. The van der Waals surface area contributed by atoms with E-state index in [1.165, 1.54) is 47.8 Å². The highest BCUT2D eigenvalue weighted by Crippen LogP contribution is 2.45. The fourth-order valence-corrected chi connectivity index (χ4v) is 5.27. The molecule has 124 valence electrons. The molecule has 2 atom stereocenters. The van der Waals surface area contributed by atoms with Gasteiger partial charge in [-0.1, -0.05) is 24.6 Å². The third-order valence-corrected chi connectivity index (χ3v) is 6.22. The molecule has 2 aliphatic heterocycles. The van der Waals surface area contributed by atoms with Crippen LogP contribution in [-0.4, -0.2) is 41.9 Å². The van der Waals surface area contributed by atoms with Crippen molar-refractivity contribution in [2.24, 2.45) is 4.99 Å². The predicted octanol–water partition coefficient (Wildman–Crippen LogP) is 3.24. The Labute approximate surface area is 145 Å². The first-order valence-corrected chi connectivity index (χ1v) is 9.41. The third-order valence-electron chi connectivity index (χ3n) is 5.36. The Morgan fingerprint density at radius 1 is 1.25 bits per heavy atom. The molecule has 6 nitrogen and oxygen atoms in total. The zero-order chi connectivity index (χ0) is 16.3. The topological polar surface area (TPSA) is 62.1 Å². The van der Waals surface area contributed by atoms with E-state index in [1.54, 1.807) is 18.1 Å². The largest absolute Gasteiger partial charge is 0.315 e. The second kappa shape index (κ2) is 5.24. The molecule has 5 rings (SSSR count). The van der Waals surface area contributed by atoms with Crippen LogP contribution in [0.5, 0.6) is 0 Å². The lowest BCUT2D eigenvalue weighted by Gasteiger charge is -2.32. The van der Waals surface area contributed by atoms with Crippen LogP contribution in [0.2, 0.25) is 0 Å². The van der Waals surface area contributed by atoms with E-state index in [1.807, 2.05) is 0 Å². The molecule has 0 amide bonds. The van der Waals surface area contributed by atoms with Crippen molar-refractivity contribution in [3.63, 3.8) is 0 Å². The number of hydrogen-bond donors (Lipinski definition) is 1. The first-order chi connectivity index (χ1) is 11.7. The van der Waals surface area contributed by atoms with E-state index < -0.39 is 0 Å². The van der Waals surface area contributed by atoms with Crippen molar-refractivity contribution in [3.05, 3.63) is 34.8 Å². The summed E-state index contributed by atoms with van der Waals surface area (Å²) < 4.78 is 2.14. The van der Waals surface area contributed by atoms with Gasteiger partial charge in [0.2, 0.25) is 5.95 Å². The Morgan fingerprint density at radius 2 is 2.12 bits per heavy atom. The second-order valence-corrected chi connectivity index (χ2v) is 7.59. The average Bonchev–Trinajstić information content (AvgIpc) is 3.31. The number of aromatic amines is 1. The standard InChI is InChI=1S/C17H20N6S/c1-10-7-12(11(2)22(10)16-18-9-19-21-16)15-8-24-17-20-13-5-3-4-6-14(13)23(15)17/h7-9,13-14H,3-6H2,1-2H3,(H,18,19,21)/t13-,14+/m0/s1. The lowest BCUT2D eigenvalue weighted by Crippen LogP contribution is -2.38. The molecule has 1 saturated carbocycles. The quantitative estimate of drug-likeness (QED) is 0.912. The van der Waals surface area contributed by atoms with E-state index in [9.17, 15) is 0 Å². The van der Waals surface area contributed by atoms with E-state index in [-0.39, 0.29) is 0 Å². The van der Waals surface area contributed by atoms with Gasteiger partial charge in [-0.05, 0) is 32.8 Å². The van der Waals surface area contributed by atoms with Gasteiger partial charge < -0.3 is 4.90 Å². The van der Waals surface area contributed by atoms with E-state index in [4.69, 9.17) is 4.99 Å². The number of amidine groups is 1. The Bertz CT molecular complexity index is 847. The molecule has 0 unspecified atom stereocenters. The van der Waals surface area contributed by atoms with Crippen molar-refractivity contribution in [2.45, 2.75) is 51.6 Å². The second-order valence-electron chi connectivity index (χ2n) is 6.75. The minimum Gasteiger partial charge on any atom is -0.315 e. The summed E-state index contributed by atoms with van der Waals surface area (Å²) in [6, 6.07) is 3.29. The van der Waals surface area contributed by atoms with E-state index in [2.05, 4.69) is 50.0 Å². The van der Waals surface area contributed by atoms with Crippen LogP contribution >= 0.6 is 11.8 Å². The number of thioether (sulfide) groups is 1. The first kappa shape index (κ1) is 14.3. The van der Waals surface area contributed by atoms with Crippen molar-refractivity contribution in [1.82, 2.24) is 24.6 Å². The smallest absolute Gasteiger partial charge is 0.229 e. The number of aromatic nitrogens is 4. The molecule has 1 N–H and O–H groups in total. The monoisotopic (exact) mass is 340 g/mol. The number of aliphatic imine (C=N–C) groups is 1. The number of rotatable bonds is 2. The highest BCUT2D eigenvalue weighted by Gasteiger charge is 2.42. The van der Waals surface area contributed by atoms with Gasteiger partial charge in [0.25, 0.3) is 0 Å². The number of fused-ring (bicyclic) bond motifs is 3. The van der Waals surface area contributed by atoms with Crippen molar-refractivity contribution in [1.29, 1.82) is 0 Å². The number of aryl methyl sites for hydroxylation is 1. The summed E-state index contributed by atoms with van der Waals surface area (Å²) in [7, 11) is 0. The van der Waals surface area contributed by atoms with Crippen molar-refractivity contribution in [2.75, 3.05) is 0 Å². The molecule has 0 aromatic carbocycles. The maximum absolute atomic E-state index is 4.97. The number of nitrogens with one attached hydrogen (secondary N) is 1. The fourth-order valence-electron chi connectivity index (χ4n) is 4.27. The van der Waals surface area contributed by atoms with Crippen molar-refractivity contribution < 1.29 is 0 Å². The van der Waals surface area contributed by atoms with Crippen LogP contribution in [0, 0.1) is 13.8 Å². The fraction of sp³-hybridized carbons (Fsp3) is 0.471. The third kappa shape index (κ3) is 1.94. The Kier molecular flexibility index (Phi) is 3.13. The van der Waals surface area contributed by atoms with Gasteiger partial charge in [0.1, 0.15) is 6.33 Å². The summed E-state index contributed by atoms with van der Waals surface area (Å²) in [5.41, 5.74) is 4.92. The molecular formula is C17H20N6S. The van der Waals surface area contributed by atoms with Gasteiger partial charge in [-0.25, -0.2) is 5.10 Å². The Hall–Kier alpha value is -2.02. The molecule has 2 aromatic rings. The summed E-state index contributed by atoms with van der Waals surface area (Å²) >= 11 is 1.77. The molecule has 4 heterocycles. The molecule has 0 saturated heterocycles. The number of H-pyrrole nitrogens is 1. The molecular weight excluding hydrogens is 320 g/mol. The van der Waals surface area contributed by atoms with E-state index in [0.29, 0.717) is 12.1 Å². The maximum atomic E-state index is 4.97. The molecule has 24 heavy (non-hydrogen) atoms. The lowest BCUT2D eigenvalue weighted by molar-refractivity contribution is 0.305. The summed E-state index contributed by atoms with van der Waals surface area (Å²) in [4.78, 5) is 11.8. The van der Waals surface area contributed by atoms with E-state index >= 15 is 0 Å². The average molecular weight is 340 g/mol. The normalized spacial score (nSPS) is 25.5. The minimum absolute atomic E-state index is 0.489. The highest BCUT2D eigenvalue weighted by molar-refractivity contribution is 8.16. The zero-order valence-electron chi connectivity index (χ0n) is 13.9. The highest BCUT2D eigenvalue weighted by atomic mass is 32.2.